The molecule has 1 fully saturated rings. The number of hydrogen-bond acceptors (Lipinski definition) is 5. The van der Waals surface area contributed by atoms with Crippen molar-refractivity contribution in [2.24, 2.45) is 0 Å². The van der Waals surface area contributed by atoms with Gasteiger partial charge in [0.1, 0.15) is 17.6 Å². The number of pyridine rings is 1. The minimum atomic E-state index is -0.460. The summed E-state index contributed by atoms with van der Waals surface area (Å²) in [4.78, 5) is 16.1. The third kappa shape index (κ3) is 5.65. The van der Waals surface area contributed by atoms with Gasteiger partial charge in [0.15, 0.2) is 0 Å². The van der Waals surface area contributed by atoms with Crippen molar-refractivity contribution in [2.45, 2.75) is 6.10 Å². The SMILES string of the molecule is Cl.Cl.O=C(Nc1cccc(Oc2ccncc2)c1)C1CNCCO1. The normalized spacial score (nSPS) is 16.2. The van der Waals surface area contributed by atoms with Gasteiger partial charge in [0.05, 0.1) is 6.61 Å². The maximum Gasteiger partial charge on any atom is 0.254 e. The number of amides is 1. The number of carbonyl (C=O) groups is 1. The van der Waals surface area contributed by atoms with Crippen molar-refractivity contribution in [3.05, 3.63) is 48.8 Å². The second kappa shape index (κ2) is 10.1. The number of rotatable bonds is 4. The van der Waals surface area contributed by atoms with Crippen molar-refractivity contribution in [3.63, 3.8) is 0 Å². The maximum absolute atomic E-state index is 12.1. The molecule has 2 heterocycles. The summed E-state index contributed by atoms with van der Waals surface area (Å²) >= 11 is 0. The lowest BCUT2D eigenvalue weighted by molar-refractivity contribution is -0.128. The van der Waals surface area contributed by atoms with Gasteiger partial charge in [-0.3, -0.25) is 9.78 Å². The number of hydrogen-bond donors (Lipinski definition) is 2. The number of benzene rings is 1. The van der Waals surface area contributed by atoms with Crippen LogP contribution in [0.25, 0.3) is 0 Å². The van der Waals surface area contributed by atoms with Gasteiger partial charge in [0.2, 0.25) is 0 Å². The maximum atomic E-state index is 12.1. The standard InChI is InChI=1S/C16H17N3O3.2ClH/c20-16(15-11-18-8-9-21-15)19-12-2-1-3-14(10-12)22-13-4-6-17-7-5-13;;/h1-7,10,15,18H,8-9,11H2,(H,19,20);2*1H. The number of ether oxygens (including phenoxy) is 2. The molecule has 6 nitrogen and oxygen atoms in total. The summed E-state index contributed by atoms with van der Waals surface area (Å²) in [5.74, 6) is 1.18. The molecule has 1 aliphatic heterocycles. The van der Waals surface area contributed by atoms with Crippen molar-refractivity contribution in [2.75, 3.05) is 25.0 Å². The number of nitrogens with one attached hydrogen (secondary N) is 2. The zero-order chi connectivity index (χ0) is 15.2. The van der Waals surface area contributed by atoms with Gasteiger partial charge in [-0.05, 0) is 24.3 Å². The van der Waals surface area contributed by atoms with Crippen molar-refractivity contribution >= 4 is 36.4 Å². The molecular weight excluding hydrogens is 353 g/mol. The Morgan fingerprint density at radius 3 is 2.71 bits per heavy atom. The molecule has 2 N–H and O–H groups in total. The van der Waals surface area contributed by atoms with Crippen LogP contribution in [0, 0.1) is 0 Å². The second-order valence-electron chi connectivity index (χ2n) is 4.87. The summed E-state index contributed by atoms with van der Waals surface area (Å²) in [6.07, 6.45) is 2.86. The number of nitrogens with zero attached hydrogens (tertiary/aromatic N) is 1. The fraction of sp³-hybridized carbons (Fsp3) is 0.250. The first-order valence-electron chi connectivity index (χ1n) is 7.12. The van der Waals surface area contributed by atoms with Gasteiger partial charge >= 0.3 is 0 Å². The van der Waals surface area contributed by atoms with E-state index in [1.807, 2.05) is 18.2 Å². The molecule has 0 radical (unpaired) electrons. The Morgan fingerprint density at radius 2 is 2.00 bits per heavy atom. The average molecular weight is 372 g/mol. The molecule has 3 rings (SSSR count). The van der Waals surface area contributed by atoms with E-state index < -0.39 is 6.10 Å². The smallest absolute Gasteiger partial charge is 0.254 e. The van der Waals surface area contributed by atoms with E-state index in [4.69, 9.17) is 9.47 Å². The van der Waals surface area contributed by atoms with Crippen molar-refractivity contribution in [1.29, 1.82) is 0 Å². The van der Waals surface area contributed by atoms with Crippen LogP contribution >= 0.6 is 24.8 Å². The van der Waals surface area contributed by atoms with Crippen LogP contribution in [0.2, 0.25) is 0 Å². The van der Waals surface area contributed by atoms with Gasteiger partial charge in [-0.2, -0.15) is 0 Å². The van der Waals surface area contributed by atoms with E-state index in [0.29, 0.717) is 30.3 Å². The Kier molecular flexibility index (Phi) is 8.49. The van der Waals surface area contributed by atoms with Crippen LogP contribution < -0.4 is 15.4 Å². The first-order chi connectivity index (χ1) is 10.8. The zero-order valence-electron chi connectivity index (χ0n) is 12.8. The van der Waals surface area contributed by atoms with Crippen LogP contribution in [0.3, 0.4) is 0 Å². The summed E-state index contributed by atoms with van der Waals surface area (Å²) in [6.45, 7) is 1.85. The zero-order valence-corrected chi connectivity index (χ0v) is 14.4. The minimum absolute atomic E-state index is 0. The molecule has 0 saturated carbocycles. The molecule has 1 aliphatic rings. The highest BCUT2D eigenvalue weighted by molar-refractivity contribution is 5.94. The highest BCUT2D eigenvalue weighted by atomic mass is 35.5. The molecule has 24 heavy (non-hydrogen) atoms. The number of carbonyl (C=O) groups excluding carboxylic acids is 1. The van der Waals surface area contributed by atoms with Crippen LogP contribution in [-0.2, 0) is 9.53 Å². The quantitative estimate of drug-likeness (QED) is 0.864. The van der Waals surface area contributed by atoms with E-state index in [0.717, 1.165) is 6.54 Å². The van der Waals surface area contributed by atoms with E-state index in [2.05, 4.69) is 15.6 Å². The lowest BCUT2D eigenvalue weighted by Crippen LogP contribution is -2.45. The van der Waals surface area contributed by atoms with Crippen LogP contribution in [0.1, 0.15) is 0 Å². The molecule has 0 aliphatic carbocycles. The number of morpholine rings is 1. The van der Waals surface area contributed by atoms with Crippen molar-refractivity contribution in [1.82, 2.24) is 10.3 Å². The van der Waals surface area contributed by atoms with Crippen LogP contribution in [0.4, 0.5) is 5.69 Å². The predicted octanol–water partition coefficient (Wildman–Crippen LogP) is 2.64. The molecule has 1 atom stereocenters. The molecular formula is C16H19Cl2N3O3. The van der Waals surface area contributed by atoms with E-state index >= 15 is 0 Å². The van der Waals surface area contributed by atoms with Crippen LogP contribution in [0.5, 0.6) is 11.5 Å². The first kappa shape index (κ1) is 20.2. The summed E-state index contributed by atoms with van der Waals surface area (Å²) in [5.41, 5.74) is 0.672. The Bertz CT molecular complexity index is 637. The highest BCUT2D eigenvalue weighted by Crippen LogP contribution is 2.23. The Morgan fingerprint density at radius 1 is 1.21 bits per heavy atom. The van der Waals surface area contributed by atoms with E-state index in [1.54, 1.807) is 30.6 Å². The summed E-state index contributed by atoms with van der Waals surface area (Å²) in [6, 6.07) is 10.8. The monoisotopic (exact) mass is 371 g/mol. The molecule has 1 amide bonds. The Hall–Kier alpha value is -1.86. The van der Waals surface area contributed by atoms with E-state index in [1.165, 1.54) is 0 Å². The topological polar surface area (TPSA) is 72.5 Å². The average Bonchev–Trinajstić information content (AvgIpc) is 2.57. The number of halogens is 2. The van der Waals surface area contributed by atoms with Gasteiger partial charge in [0.25, 0.3) is 5.91 Å². The van der Waals surface area contributed by atoms with Gasteiger partial charge in [-0.1, -0.05) is 6.07 Å². The van der Waals surface area contributed by atoms with Gasteiger partial charge in [-0.15, -0.1) is 24.8 Å². The third-order valence-corrected chi connectivity index (χ3v) is 3.21. The number of anilines is 1. The lowest BCUT2D eigenvalue weighted by Gasteiger charge is -2.22. The minimum Gasteiger partial charge on any atom is -0.457 e. The van der Waals surface area contributed by atoms with E-state index in [9.17, 15) is 4.79 Å². The van der Waals surface area contributed by atoms with Crippen molar-refractivity contribution in [3.8, 4) is 11.5 Å². The molecule has 1 aromatic carbocycles. The van der Waals surface area contributed by atoms with Gasteiger partial charge in [0, 0.05) is 37.2 Å². The molecule has 130 valence electrons. The third-order valence-electron chi connectivity index (χ3n) is 3.21. The molecule has 1 unspecified atom stereocenters. The van der Waals surface area contributed by atoms with Gasteiger partial charge < -0.3 is 20.1 Å². The molecule has 2 aromatic rings. The Balaban J connectivity index is 0.00000144. The second-order valence-corrected chi connectivity index (χ2v) is 4.87. The summed E-state index contributed by atoms with van der Waals surface area (Å²) in [7, 11) is 0. The first-order valence-corrected chi connectivity index (χ1v) is 7.12. The lowest BCUT2D eigenvalue weighted by atomic mass is 10.2. The molecule has 0 spiro atoms. The largest absolute Gasteiger partial charge is 0.457 e. The number of aromatic nitrogens is 1. The molecule has 0 bridgehead atoms. The Labute approximate surface area is 152 Å². The fourth-order valence-electron chi connectivity index (χ4n) is 2.14. The van der Waals surface area contributed by atoms with Crippen molar-refractivity contribution < 1.29 is 14.3 Å². The predicted molar refractivity (Wildman–Crippen MR) is 96.5 cm³/mol. The highest BCUT2D eigenvalue weighted by Gasteiger charge is 2.21. The summed E-state index contributed by atoms with van der Waals surface area (Å²) in [5, 5.41) is 5.97. The molecule has 8 heteroatoms. The molecule has 1 aromatic heterocycles. The molecule has 1 saturated heterocycles. The van der Waals surface area contributed by atoms with Gasteiger partial charge in [-0.25, -0.2) is 0 Å². The fourth-order valence-corrected chi connectivity index (χ4v) is 2.14. The van der Waals surface area contributed by atoms with Crippen LogP contribution in [-0.4, -0.2) is 36.7 Å². The van der Waals surface area contributed by atoms with Crippen LogP contribution in [0.15, 0.2) is 48.8 Å². The summed E-state index contributed by atoms with van der Waals surface area (Å²) < 4.78 is 11.1. The van der Waals surface area contributed by atoms with E-state index in [-0.39, 0.29) is 30.7 Å².